The van der Waals surface area contributed by atoms with Crippen LogP contribution >= 0.6 is 0 Å². The van der Waals surface area contributed by atoms with Crippen LogP contribution in [0.25, 0.3) is 0 Å². The van der Waals surface area contributed by atoms with E-state index in [9.17, 15) is 4.79 Å². The van der Waals surface area contributed by atoms with Crippen molar-refractivity contribution in [3.8, 4) is 0 Å². The van der Waals surface area contributed by atoms with Gasteiger partial charge in [0.05, 0.1) is 12.4 Å². The second kappa shape index (κ2) is 6.33. The van der Waals surface area contributed by atoms with E-state index in [0.717, 1.165) is 25.8 Å². The minimum absolute atomic E-state index is 0.114. The van der Waals surface area contributed by atoms with Gasteiger partial charge in [0.2, 0.25) is 0 Å². The summed E-state index contributed by atoms with van der Waals surface area (Å²) in [6.45, 7) is 2.95. The van der Waals surface area contributed by atoms with E-state index in [0.29, 0.717) is 17.6 Å². The van der Waals surface area contributed by atoms with Gasteiger partial charge in [-0.1, -0.05) is 19.8 Å². The zero-order chi connectivity index (χ0) is 12.8. The van der Waals surface area contributed by atoms with Gasteiger partial charge >= 0.3 is 0 Å². The van der Waals surface area contributed by atoms with Crippen molar-refractivity contribution in [2.24, 2.45) is 0 Å². The molecular formula is C13H20N4O. The molecule has 2 rings (SSSR count). The van der Waals surface area contributed by atoms with Gasteiger partial charge < -0.3 is 10.6 Å². The first-order valence-corrected chi connectivity index (χ1v) is 6.66. The van der Waals surface area contributed by atoms with E-state index in [1.165, 1.54) is 19.0 Å². The number of hydrogen-bond acceptors (Lipinski definition) is 4. The fraction of sp³-hybridized carbons (Fsp3) is 0.615. The van der Waals surface area contributed by atoms with Crippen molar-refractivity contribution in [1.82, 2.24) is 15.3 Å². The molecular weight excluding hydrogens is 228 g/mol. The summed E-state index contributed by atoms with van der Waals surface area (Å²) in [6, 6.07) is 0.317. The Morgan fingerprint density at radius 1 is 1.33 bits per heavy atom. The summed E-state index contributed by atoms with van der Waals surface area (Å²) < 4.78 is 0. The molecule has 1 aromatic rings. The molecule has 98 valence electrons. The summed E-state index contributed by atoms with van der Waals surface area (Å²) >= 11 is 0. The average molecular weight is 248 g/mol. The highest BCUT2D eigenvalue weighted by atomic mass is 16.1. The third-order valence-corrected chi connectivity index (χ3v) is 3.13. The van der Waals surface area contributed by atoms with Crippen LogP contribution in [-0.4, -0.2) is 28.5 Å². The van der Waals surface area contributed by atoms with Crippen LogP contribution in [0.5, 0.6) is 0 Å². The van der Waals surface area contributed by atoms with Crippen molar-refractivity contribution in [3.63, 3.8) is 0 Å². The molecule has 1 saturated carbocycles. The summed E-state index contributed by atoms with van der Waals surface area (Å²) in [7, 11) is 0. The van der Waals surface area contributed by atoms with Crippen LogP contribution in [0.15, 0.2) is 12.4 Å². The lowest BCUT2D eigenvalue weighted by atomic mass is 10.2. The van der Waals surface area contributed by atoms with Gasteiger partial charge in [-0.2, -0.15) is 0 Å². The molecule has 1 fully saturated rings. The van der Waals surface area contributed by atoms with Crippen LogP contribution < -0.4 is 10.6 Å². The predicted molar refractivity (Wildman–Crippen MR) is 70.5 cm³/mol. The van der Waals surface area contributed by atoms with Gasteiger partial charge in [-0.3, -0.25) is 4.79 Å². The fourth-order valence-electron chi connectivity index (χ4n) is 2.12. The van der Waals surface area contributed by atoms with Gasteiger partial charge in [0.25, 0.3) is 5.91 Å². The average Bonchev–Trinajstić information content (AvgIpc) is 2.89. The third kappa shape index (κ3) is 3.42. The molecule has 0 bridgehead atoms. The quantitative estimate of drug-likeness (QED) is 0.836. The van der Waals surface area contributed by atoms with Crippen LogP contribution in [0.3, 0.4) is 0 Å². The van der Waals surface area contributed by atoms with Crippen LogP contribution in [0.2, 0.25) is 0 Å². The largest absolute Gasteiger partial charge is 0.369 e. The number of amides is 1. The first kappa shape index (κ1) is 12.8. The first-order chi connectivity index (χ1) is 8.79. The third-order valence-electron chi connectivity index (χ3n) is 3.13. The molecule has 1 amide bonds. The van der Waals surface area contributed by atoms with E-state index < -0.39 is 0 Å². The van der Waals surface area contributed by atoms with Crippen molar-refractivity contribution in [1.29, 1.82) is 0 Å². The molecule has 1 heterocycles. The molecule has 0 radical (unpaired) electrons. The highest BCUT2D eigenvalue weighted by Crippen LogP contribution is 2.17. The molecule has 0 aromatic carbocycles. The van der Waals surface area contributed by atoms with E-state index in [2.05, 4.69) is 27.5 Å². The molecule has 5 nitrogen and oxygen atoms in total. The molecule has 0 saturated heterocycles. The van der Waals surface area contributed by atoms with E-state index in [-0.39, 0.29) is 5.91 Å². The Morgan fingerprint density at radius 2 is 2.11 bits per heavy atom. The Labute approximate surface area is 107 Å². The standard InChI is InChI=1S/C13H20N4O/c1-2-7-14-12-9-15-11(8-16-12)13(18)17-10-5-3-4-6-10/h8-10H,2-7H2,1H3,(H,14,16)(H,17,18). The first-order valence-electron chi connectivity index (χ1n) is 6.66. The number of carbonyl (C=O) groups excluding carboxylic acids is 1. The topological polar surface area (TPSA) is 66.9 Å². The Balaban J connectivity index is 1.89. The maximum absolute atomic E-state index is 11.9. The number of rotatable bonds is 5. The summed E-state index contributed by atoms with van der Waals surface area (Å²) in [6.07, 6.45) is 8.74. The Kier molecular flexibility index (Phi) is 4.50. The highest BCUT2D eigenvalue weighted by Gasteiger charge is 2.18. The minimum atomic E-state index is -0.114. The monoisotopic (exact) mass is 248 g/mol. The zero-order valence-corrected chi connectivity index (χ0v) is 10.8. The van der Waals surface area contributed by atoms with Gasteiger partial charge in [-0.25, -0.2) is 9.97 Å². The van der Waals surface area contributed by atoms with E-state index in [1.54, 1.807) is 6.20 Å². The number of nitrogens with one attached hydrogen (secondary N) is 2. The number of hydrogen-bond donors (Lipinski definition) is 2. The lowest BCUT2D eigenvalue weighted by Gasteiger charge is -2.11. The number of carbonyl (C=O) groups is 1. The van der Waals surface area contributed by atoms with Gasteiger partial charge in [0, 0.05) is 12.6 Å². The molecule has 0 unspecified atom stereocenters. The summed E-state index contributed by atoms with van der Waals surface area (Å²) in [5, 5.41) is 6.12. The maximum atomic E-state index is 11.9. The lowest BCUT2D eigenvalue weighted by molar-refractivity contribution is 0.0932. The maximum Gasteiger partial charge on any atom is 0.271 e. The highest BCUT2D eigenvalue weighted by molar-refractivity contribution is 5.92. The normalized spacial score (nSPS) is 15.6. The molecule has 0 aliphatic heterocycles. The van der Waals surface area contributed by atoms with Gasteiger partial charge in [-0.05, 0) is 19.3 Å². The van der Waals surface area contributed by atoms with Crippen molar-refractivity contribution in [2.45, 2.75) is 45.1 Å². The van der Waals surface area contributed by atoms with Gasteiger partial charge in [-0.15, -0.1) is 0 Å². The van der Waals surface area contributed by atoms with E-state index >= 15 is 0 Å². The van der Waals surface area contributed by atoms with Gasteiger partial charge in [0.15, 0.2) is 0 Å². The van der Waals surface area contributed by atoms with E-state index in [1.807, 2.05) is 0 Å². The second-order valence-electron chi connectivity index (χ2n) is 4.67. The summed E-state index contributed by atoms with van der Waals surface area (Å²) in [5.41, 5.74) is 0.393. The Morgan fingerprint density at radius 3 is 2.72 bits per heavy atom. The van der Waals surface area contributed by atoms with Crippen LogP contribution in [-0.2, 0) is 0 Å². The SMILES string of the molecule is CCCNc1cnc(C(=O)NC2CCCC2)cn1. The lowest BCUT2D eigenvalue weighted by Crippen LogP contribution is -2.33. The summed E-state index contributed by atoms with van der Waals surface area (Å²) in [5.74, 6) is 0.603. The van der Waals surface area contributed by atoms with Crippen LogP contribution in [0, 0.1) is 0 Å². The van der Waals surface area contributed by atoms with Crippen molar-refractivity contribution < 1.29 is 4.79 Å². The molecule has 1 aliphatic rings. The second-order valence-corrected chi connectivity index (χ2v) is 4.67. The summed E-state index contributed by atoms with van der Waals surface area (Å²) in [4.78, 5) is 20.2. The molecule has 0 spiro atoms. The van der Waals surface area contributed by atoms with Crippen molar-refractivity contribution in [3.05, 3.63) is 18.1 Å². The number of nitrogens with zero attached hydrogens (tertiary/aromatic N) is 2. The zero-order valence-electron chi connectivity index (χ0n) is 10.8. The molecule has 1 aromatic heterocycles. The molecule has 5 heteroatoms. The predicted octanol–water partition coefficient (Wildman–Crippen LogP) is 1.97. The molecule has 1 aliphatic carbocycles. The smallest absolute Gasteiger partial charge is 0.271 e. The molecule has 18 heavy (non-hydrogen) atoms. The van der Waals surface area contributed by atoms with Crippen LogP contribution in [0.4, 0.5) is 5.82 Å². The van der Waals surface area contributed by atoms with Crippen LogP contribution in [0.1, 0.15) is 49.5 Å². The van der Waals surface area contributed by atoms with Crippen molar-refractivity contribution >= 4 is 11.7 Å². The number of anilines is 1. The van der Waals surface area contributed by atoms with E-state index in [4.69, 9.17) is 0 Å². The molecule has 2 N–H and O–H groups in total. The van der Waals surface area contributed by atoms with Gasteiger partial charge in [0.1, 0.15) is 11.5 Å². The van der Waals surface area contributed by atoms with Crippen molar-refractivity contribution in [2.75, 3.05) is 11.9 Å². The fourth-order valence-corrected chi connectivity index (χ4v) is 2.12. The molecule has 0 atom stereocenters. The Bertz CT molecular complexity index is 384. The number of aromatic nitrogens is 2. The Hall–Kier alpha value is -1.65. The minimum Gasteiger partial charge on any atom is -0.369 e.